The van der Waals surface area contributed by atoms with Gasteiger partial charge in [0.2, 0.25) is 5.69 Å². The Kier molecular flexibility index (Phi) is 14.6. The zero-order valence-electron chi connectivity index (χ0n) is 36.3. The van der Waals surface area contributed by atoms with Crippen molar-refractivity contribution in [3.63, 3.8) is 0 Å². The van der Waals surface area contributed by atoms with Gasteiger partial charge < -0.3 is 32.7 Å². The van der Waals surface area contributed by atoms with Crippen LogP contribution in [0.1, 0.15) is 84.3 Å². The number of nitrogens with zero attached hydrogens (tertiary/aromatic N) is 3. The second-order valence-electron chi connectivity index (χ2n) is 17.4. The maximum Gasteiger partial charge on any atom is 0.209 e. The van der Waals surface area contributed by atoms with E-state index in [0.717, 1.165) is 100 Å². The van der Waals surface area contributed by atoms with Crippen LogP contribution >= 0.6 is 0 Å². The van der Waals surface area contributed by atoms with Crippen LogP contribution < -0.4 is 4.90 Å². The van der Waals surface area contributed by atoms with Gasteiger partial charge in [-0.3, -0.25) is 0 Å². The molecule has 14 heteroatoms. The third-order valence-electron chi connectivity index (χ3n) is 12.0. The third-order valence-corrected chi connectivity index (χ3v) is 13.6. The Labute approximate surface area is 352 Å². The van der Waals surface area contributed by atoms with E-state index in [1.54, 1.807) is 26.4 Å². The molecule has 0 fully saturated rings. The van der Waals surface area contributed by atoms with Gasteiger partial charge in [-0.1, -0.05) is 33.3 Å². The zero-order valence-corrected chi connectivity index (χ0v) is 37.9. The number of ether oxygens (including phenoxy) is 3. The summed E-state index contributed by atoms with van der Waals surface area (Å²) in [4.78, 5) is 1.63. The average molecular weight is 854 g/mol. The van der Waals surface area contributed by atoms with E-state index in [1.165, 1.54) is 30.7 Å². The lowest BCUT2D eigenvalue weighted by molar-refractivity contribution is -0.890. The Morgan fingerprint density at radius 3 is 2.10 bits per heavy atom. The van der Waals surface area contributed by atoms with Crippen molar-refractivity contribution in [3.05, 3.63) is 94.4 Å². The predicted molar refractivity (Wildman–Crippen MR) is 229 cm³/mol. The van der Waals surface area contributed by atoms with Crippen LogP contribution in [0.2, 0.25) is 0 Å². The van der Waals surface area contributed by atoms with Crippen molar-refractivity contribution in [3.8, 4) is 0 Å². The first-order valence-electron chi connectivity index (χ1n) is 20.6. The molecule has 59 heavy (non-hydrogen) atoms. The van der Waals surface area contributed by atoms with Gasteiger partial charge in [0.1, 0.15) is 32.6 Å². The summed E-state index contributed by atoms with van der Waals surface area (Å²) >= 11 is 0. The smallest absolute Gasteiger partial charge is 0.209 e. The van der Waals surface area contributed by atoms with E-state index < -0.39 is 31.1 Å². The predicted octanol–water partition coefficient (Wildman–Crippen LogP) is 7.05. The molecule has 3 aliphatic rings. The highest BCUT2D eigenvalue weighted by atomic mass is 32.2. The zero-order chi connectivity index (χ0) is 43.4. The molecular formula is C45H63N3O9S2. The number of rotatable bonds is 19. The van der Waals surface area contributed by atoms with Crippen molar-refractivity contribution in [1.82, 2.24) is 0 Å². The van der Waals surface area contributed by atoms with Crippen molar-refractivity contribution in [2.45, 2.75) is 93.8 Å². The van der Waals surface area contributed by atoms with E-state index in [2.05, 4.69) is 54.8 Å². The molecular weight excluding hydrogens is 791 g/mol. The number of methoxy groups -OCH3 is 2. The summed E-state index contributed by atoms with van der Waals surface area (Å²) in [6, 6.07) is 9.17. The van der Waals surface area contributed by atoms with Crippen molar-refractivity contribution < 1.29 is 49.2 Å². The molecule has 324 valence electrons. The highest BCUT2D eigenvalue weighted by Gasteiger charge is 2.45. The fourth-order valence-corrected chi connectivity index (χ4v) is 9.59. The summed E-state index contributed by atoms with van der Waals surface area (Å²) in [5.41, 5.74) is 5.93. The van der Waals surface area contributed by atoms with Crippen LogP contribution in [0.4, 0.5) is 11.4 Å². The van der Waals surface area contributed by atoms with Gasteiger partial charge in [-0.2, -0.15) is 4.58 Å². The summed E-state index contributed by atoms with van der Waals surface area (Å²) in [5.74, 6) is 0.830. The van der Waals surface area contributed by atoms with Crippen LogP contribution in [-0.4, -0.2) is 115 Å². The number of benzene rings is 2. The Bertz CT molecular complexity index is 2270. The molecule has 0 unspecified atom stereocenters. The molecule has 12 nitrogen and oxygen atoms in total. The van der Waals surface area contributed by atoms with Crippen LogP contribution in [0.25, 0.3) is 0 Å². The van der Waals surface area contributed by atoms with E-state index in [1.807, 2.05) is 27.7 Å². The normalized spacial score (nSPS) is 19.4. The Morgan fingerprint density at radius 1 is 0.814 bits per heavy atom. The minimum atomic E-state index is -4.65. The summed E-state index contributed by atoms with van der Waals surface area (Å²) in [5, 5.41) is 0. The van der Waals surface area contributed by atoms with Gasteiger partial charge >= 0.3 is 0 Å². The summed E-state index contributed by atoms with van der Waals surface area (Å²) in [7, 11) is -1.49. The van der Waals surface area contributed by atoms with Gasteiger partial charge in [0.05, 0.1) is 55.6 Å². The largest absolute Gasteiger partial charge is 0.744 e. The molecule has 0 radical (unpaired) electrons. The van der Waals surface area contributed by atoms with Gasteiger partial charge in [-0.05, 0) is 98.7 Å². The fraction of sp³-hybridized carbons (Fsp3) is 0.533. The van der Waals surface area contributed by atoms with Gasteiger partial charge in [0, 0.05) is 61.7 Å². The highest BCUT2D eigenvalue weighted by molar-refractivity contribution is 7.86. The summed E-state index contributed by atoms with van der Waals surface area (Å²) in [6.45, 7) is 14.9. The fourth-order valence-electron chi connectivity index (χ4n) is 8.60. The number of hydrogen-bond donors (Lipinski definition) is 0. The molecule has 0 spiro atoms. The van der Waals surface area contributed by atoms with Crippen LogP contribution in [0.5, 0.6) is 0 Å². The average Bonchev–Trinajstić information content (AvgIpc) is 3.52. The van der Waals surface area contributed by atoms with Crippen molar-refractivity contribution in [1.29, 1.82) is 0 Å². The molecule has 0 bridgehead atoms. The van der Waals surface area contributed by atoms with E-state index in [4.69, 9.17) is 14.2 Å². The standard InChI is InChI=1S/C45H63N3O9S2/c1-10-11-26-48(6,7)27-13-28-57-43-33(16-22-41-44(2,3)37-31-35(58(49,50)51)18-20-39(37)46(41)24-29-55-8)14-12-15-34(43)17-23-42-45(4,5)38-32-36(59(52,53)54)19-21-40(38)47(42)25-30-56-9/h16-23,31-32H,10-15,24-30H2,1-9H3. The first-order valence-corrected chi connectivity index (χ1v) is 23.4. The highest BCUT2D eigenvalue weighted by Crippen LogP contribution is 2.49. The van der Waals surface area contributed by atoms with Crippen LogP contribution in [-0.2, 0) is 45.3 Å². The van der Waals surface area contributed by atoms with Gasteiger partial charge in [0.25, 0.3) is 0 Å². The number of hydrogen-bond acceptors (Lipinski definition) is 10. The monoisotopic (exact) mass is 853 g/mol. The molecule has 2 heterocycles. The lowest BCUT2D eigenvalue weighted by Gasteiger charge is -2.30. The molecule has 0 saturated heterocycles. The first kappa shape index (κ1) is 46.4. The maximum absolute atomic E-state index is 12.0. The number of fused-ring (bicyclic) bond motifs is 2. The molecule has 2 aliphatic heterocycles. The lowest BCUT2D eigenvalue weighted by Crippen LogP contribution is -2.41. The molecule has 0 N–H and O–H groups in total. The minimum Gasteiger partial charge on any atom is -0.744 e. The minimum absolute atomic E-state index is 0.252. The van der Waals surface area contributed by atoms with Gasteiger partial charge in [0.15, 0.2) is 12.3 Å². The van der Waals surface area contributed by atoms with Crippen LogP contribution in [0.15, 0.2) is 93.1 Å². The van der Waals surface area contributed by atoms with E-state index in [9.17, 15) is 25.9 Å². The van der Waals surface area contributed by atoms with Crippen LogP contribution in [0.3, 0.4) is 0 Å². The molecule has 1 aliphatic carbocycles. The number of quaternary nitrogens is 1. The van der Waals surface area contributed by atoms with Crippen molar-refractivity contribution >= 4 is 37.3 Å². The van der Waals surface area contributed by atoms with Crippen molar-refractivity contribution in [2.75, 3.05) is 79.2 Å². The molecule has 5 rings (SSSR count). The summed E-state index contributed by atoms with van der Waals surface area (Å²) < 4.78 is 93.1. The second kappa shape index (κ2) is 18.6. The Hall–Kier alpha value is -3.63. The van der Waals surface area contributed by atoms with Crippen molar-refractivity contribution in [2.24, 2.45) is 0 Å². The number of anilines is 1. The molecule has 0 amide bonds. The SMILES string of the molecule is CCCC[N+](C)(C)CCCOC1=C(/C=C/C2=[N+](CCOC)c3ccc(S(=O)(=O)[O-])cc3C2(C)C)CCC/C1=C\C=C1\N(CCOC)c2ccc(S(=O)(=O)[O-])cc2C1(C)C. The third kappa shape index (κ3) is 10.5. The van der Waals surface area contributed by atoms with E-state index in [0.29, 0.717) is 32.9 Å². The number of unbranched alkanes of at least 4 members (excludes halogenated alkanes) is 1. The lowest BCUT2D eigenvalue weighted by atomic mass is 9.81. The first-order chi connectivity index (χ1) is 27.7. The van der Waals surface area contributed by atoms with E-state index in [-0.39, 0.29) is 9.79 Å². The van der Waals surface area contributed by atoms with E-state index >= 15 is 0 Å². The molecule has 0 aromatic heterocycles. The second-order valence-corrected chi connectivity index (χ2v) is 20.2. The maximum atomic E-state index is 12.0. The van der Waals surface area contributed by atoms with Crippen LogP contribution in [0, 0.1) is 0 Å². The number of allylic oxidation sites excluding steroid dienone is 7. The molecule has 0 saturated carbocycles. The Morgan fingerprint density at radius 2 is 1.46 bits per heavy atom. The molecule has 0 atom stereocenters. The molecule has 2 aromatic carbocycles. The summed E-state index contributed by atoms with van der Waals surface area (Å²) in [6.07, 6.45) is 14.1. The molecule has 2 aromatic rings. The van der Waals surface area contributed by atoms with Gasteiger partial charge in [-0.25, -0.2) is 16.8 Å². The quantitative estimate of drug-likeness (QED) is 0.0623. The van der Waals surface area contributed by atoms with Gasteiger partial charge in [-0.15, -0.1) is 0 Å². The topological polar surface area (TPSA) is 148 Å². The Balaban J connectivity index is 1.59.